The van der Waals surface area contributed by atoms with Crippen LogP contribution in [0.1, 0.15) is 6.42 Å². The second kappa shape index (κ2) is 1.90. The molecule has 2 rings (SSSR count). The maximum absolute atomic E-state index is 5.24. The van der Waals surface area contributed by atoms with Crippen molar-refractivity contribution in [2.24, 2.45) is 11.3 Å². The van der Waals surface area contributed by atoms with Crippen molar-refractivity contribution in [2.75, 3.05) is 13.1 Å². The molecule has 0 radical (unpaired) electrons. The van der Waals surface area contributed by atoms with Gasteiger partial charge in [0.05, 0.1) is 0 Å². The lowest BCUT2D eigenvalue weighted by molar-refractivity contribution is 0.309. The predicted octanol–water partition coefficient (Wildman–Crippen LogP) is 0.651. The third-order valence-electron chi connectivity index (χ3n) is 2.35. The van der Waals surface area contributed by atoms with E-state index in [1.165, 1.54) is 19.5 Å². The quantitative estimate of drug-likeness (QED) is 0.491. The van der Waals surface area contributed by atoms with Crippen LogP contribution in [-0.4, -0.2) is 13.1 Å². The van der Waals surface area contributed by atoms with Crippen LogP contribution < -0.4 is 5.32 Å². The summed E-state index contributed by atoms with van der Waals surface area (Å²) in [6, 6.07) is 0. The van der Waals surface area contributed by atoms with E-state index in [0.29, 0.717) is 11.3 Å². The van der Waals surface area contributed by atoms with E-state index in [1.807, 2.05) is 0 Å². The van der Waals surface area contributed by atoms with E-state index in [1.54, 1.807) is 0 Å². The minimum absolute atomic E-state index is 0. The van der Waals surface area contributed by atoms with Gasteiger partial charge in [0, 0.05) is 24.4 Å². The zero-order chi connectivity index (χ0) is 5.61. The zero-order valence-electron chi connectivity index (χ0n) is 5.18. The first kappa shape index (κ1) is 6.92. The summed E-state index contributed by atoms with van der Waals surface area (Å²) >= 11 is 0. The summed E-state index contributed by atoms with van der Waals surface area (Å²) in [5, 5.41) is 3.23. The van der Waals surface area contributed by atoms with Gasteiger partial charge in [-0.3, -0.25) is 0 Å². The Hall–Kier alpha value is -0.190. The number of rotatable bonds is 0. The molecule has 1 atom stereocenters. The fraction of sp³-hybridized carbons (Fsp3) is 0.714. The van der Waals surface area contributed by atoms with Crippen molar-refractivity contribution < 1.29 is 0 Å². The lowest BCUT2D eigenvalue weighted by Gasteiger charge is -2.27. The molecule has 0 aromatic rings. The molecule has 1 saturated carbocycles. The van der Waals surface area contributed by atoms with Gasteiger partial charge in [-0.2, -0.15) is 0 Å². The van der Waals surface area contributed by atoms with E-state index >= 15 is 0 Å². The standard InChI is InChI=1S/C7H9N.ClH/c1-2-6-3-7(6)4-8-5-7;/h1,6,8H,3-5H2;1H. The summed E-state index contributed by atoms with van der Waals surface area (Å²) in [6.45, 7) is 2.34. The van der Waals surface area contributed by atoms with Gasteiger partial charge in [-0.15, -0.1) is 24.8 Å². The summed E-state index contributed by atoms with van der Waals surface area (Å²) in [5.74, 6) is 3.41. The highest BCUT2D eigenvalue weighted by molar-refractivity contribution is 5.85. The van der Waals surface area contributed by atoms with Crippen LogP contribution in [0.2, 0.25) is 0 Å². The average Bonchev–Trinajstić information content (AvgIpc) is 2.36. The van der Waals surface area contributed by atoms with Crippen molar-refractivity contribution in [3.63, 3.8) is 0 Å². The zero-order valence-corrected chi connectivity index (χ0v) is 6.00. The van der Waals surface area contributed by atoms with Gasteiger partial charge >= 0.3 is 0 Å². The molecule has 2 aliphatic rings. The van der Waals surface area contributed by atoms with Gasteiger partial charge in [0.2, 0.25) is 0 Å². The topological polar surface area (TPSA) is 12.0 Å². The molecular weight excluding hydrogens is 134 g/mol. The number of nitrogens with one attached hydrogen (secondary N) is 1. The fourth-order valence-electron chi connectivity index (χ4n) is 1.42. The van der Waals surface area contributed by atoms with Gasteiger partial charge in [-0.1, -0.05) is 0 Å². The first-order valence-electron chi connectivity index (χ1n) is 3.04. The van der Waals surface area contributed by atoms with Crippen LogP contribution >= 0.6 is 12.4 Å². The Balaban J connectivity index is 0.000000405. The Kier molecular flexibility index (Phi) is 1.46. The summed E-state index contributed by atoms with van der Waals surface area (Å²) in [5.41, 5.74) is 0.592. The Bertz CT molecular complexity index is 155. The van der Waals surface area contributed by atoms with Crippen molar-refractivity contribution in [3.05, 3.63) is 0 Å². The largest absolute Gasteiger partial charge is 0.315 e. The van der Waals surface area contributed by atoms with Crippen molar-refractivity contribution in [2.45, 2.75) is 6.42 Å². The van der Waals surface area contributed by atoms with Gasteiger partial charge in [0.25, 0.3) is 0 Å². The molecule has 50 valence electrons. The number of hydrogen-bond acceptors (Lipinski definition) is 1. The molecule has 1 unspecified atom stereocenters. The van der Waals surface area contributed by atoms with Gasteiger partial charge < -0.3 is 5.32 Å². The van der Waals surface area contributed by atoms with Gasteiger partial charge in [0.1, 0.15) is 0 Å². The van der Waals surface area contributed by atoms with Crippen LogP contribution in [0.5, 0.6) is 0 Å². The Morgan fingerprint density at radius 1 is 1.56 bits per heavy atom. The molecule has 9 heavy (non-hydrogen) atoms. The molecule has 0 aromatic carbocycles. The monoisotopic (exact) mass is 143 g/mol. The molecule has 1 N–H and O–H groups in total. The molecule has 1 aliphatic heterocycles. The number of halogens is 1. The second-order valence-electron chi connectivity index (χ2n) is 2.89. The SMILES string of the molecule is C#CC1CC12CNC2.Cl. The van der Waals surface area contributed by atoms with E-state index < -0.39 is 0 Å². The lowest BCUT2D eigenvalue weighted by atomic mass is 9.97. The second-order valence-corrected chi connectivity index (χ2v) is 2.89. The molecular formula is C7H10ClN. The number of hydrogen-bond donors (Lipinski definition) is 1. The van der Waals surface area contributed by atoms with Crippen molar-refractivity contribution in [1.29, 1.82) is 0 Å². The maximum Gasteiger partial charge on any atom is 0.0288 e. The lowest BCUT2D eigenvalue weighted by Crippen LogP contribution is -2.45. The van der Waals surface area contributed by atoms with Crippen LogP contribution in [0.15, 0.2) is 0 Å². The minimum Gasteiger partial charge on any atom is -0.315 e. The number of terminal acetylenes is 1. The Labute approximate surface area is 61.6 Å². The highest BCUT2D eigenvalue weighted by Crippen LogP contribution is 2.54. The molecule has 1 nitrogen and oxygen atoms in total. The first-order valence-corrected chi connectivity index (χ1v) is 3.04. The van der Waals surface area contributed by atoms with Gasteiger partial charge in [-0.05, 0) is 6.42 Å². The van der Waals surface area contributed by atoms with Crippen molar-refractivity contribution in [3.8, 4) is 12.3 Å². The van der Waals surface area contributed by atoms with Crippen molar-refractivity contribution >= 4 is 12.4 Å². The third-order valence-corrected chi connectivity index (χ3v) is 2.35. The molecule has 0 amide bonds. The smallest absolute Gasteiger partial charge is 0.0288 e. The minimum atomic E-state index is 0. The third kappa shape index (κ3) is 0.745. The van der Waals surface area contributed by atoms with Gasteiger partial charge in [0.15, 0.2) is 0 Å². The molecule has 2 heteroatoms. The van der Waals surface area contributed by atoms with Crippen LogP contribution in [-0.2, 0) is 0 Å². The normalized spacial score (nSPS) is 33.9. The van der Waals surface area contributed by atoms with Crippen LogP contribution in [0, 0.1) is 23.7 Å². The van der Waals surface area contributed by atoms with E-state index in [9.17, 15) is 0 Å². The van der Waals surface area contributed by atoms with Crippen LogP contribution in [0.4, 0.5) is 0 Å². The van der Waals surface area contributed by atoms with Gasteiger partial charge in [-0.25, -0.2) is 0 Å². The first-order chi connectivity index (χ1) is 3.87. The molecule has 1 heterocycles. The molecule has 0 aromatic heterocycles. The fourth-order valence-corrected chi connectivity index (χ4v) is 1.42. The average molecular weight is 144 g/mol. The molecule has 1 saturated heterocycles. The van der Waals surface area contributed by atoms with E-state index in [4.69, 9.17) is 6.42 Å². The predicted molar refractivity (Wildman–Crippen MR) is 39.5 cm³/mol. The molecule has 2 fully saturated rings. The highest BCUT2D eigenvalue weighted by Gasteiger charge is 2.57. The van der Waals surface area contributed by atoms with Crippen LogP contribution in [0.25, 0.3) is 0 Å². The molecule has 0 bridgehead atoms. The van der Waals surface area contributed by atoms with Crippen molar-refractivity contribution in [1.82, 2.24) is 5.32 Å². The van der Waals surface area contributed by atoms with E-state index in [-0.39, 0.29) is 12.4 Å². The summed E-state index contributed by atoms with van der Waals surface area (Å²) < 4.78 is 0. The Morgan fingerprint density at radius 2 is 2.22 bits per heavy atom. The summed E-state index contributed by atoms with van der Waals surface area (Å²) in [4.78, 5) is 0. The molecule has 1 aliphatic carbocycles. The van der Waals surface area contributed by atoms with E-state index in [0.717, 1.165) is 0 Å². The summed E-state index contributed by atoms with van der Waals surface area (Å²) in [7, 11) is 0. The van der Waals surface area contributed by atoms with E-state index in [2.05, 4.69) is 11.2 Å². The highest BCUT2D eigenvalue weighted by atomic mass is 35.5. The maximum atomic E-state index is 5.24. The van der Waals surface area contributed by atoms with Crippen LogP contribution in [0.3, 0.4) is 0 Å². The summed E-state index contributed by atoms with van der Waals surface area (Å²) in [6.07, 6.45) is 6.52. The molecule has 1 spiro atoms. The Morgan fingerprint density at radius 3 is 2.33 bits per heavy atom.